The maximum Gasteiger partial charge on any atom is 0.123 e. The Kier molecular flexibility index (Phi) is 5.51. The summed E-state index contributed by atoms with van der Waals surface area (Å²) in [5.41, 5.74) is 2.44. The van der Waals surface area contributed by atoms with Crippen molar-refractivity contribution in [2.24, 2.45) is 0 Å². The number of halogens is 1. The van der Waals surface area contributed by atoms with E-state index in [1.807, 2.05) is 6.92 Å². The normalized spacial score (nSPS) is 21.6. The fourth-order valence-corrected chi connectivity index (χ4v) is 3.39. The lowest BCUT2D eigenvalue weighted by molar-refractivity contribution is -0.134. The molecule has 25 heavy (non-hydrogen) atoms. The van der Waals surface area contributed by atoms with E-state index in [-0.39, 0.29) is 12.4 Å². The van der Waals surface area contributed by atoms with E-state index in [1.54, 1.807) is 12.1 Å². The number of benzene rings is 1. The fourth-order valence-electron chi connectivity index (χ4n) is 3.39. The second-order valence-electron chi connectivity index (χ2n) is 6.81. The predicted octanol–water partition coefficient (Wildman–Crippen LogP) is 2.23. The summed E-state index contributed by atoms with van der Waals surface area (Å²) in [5, 5.41) is 9.99. The summed E-state index contributed by atoms with van der Waals surface area (Å²) in [6, 6.07) is 6.39. The van der Waals surface area contributed by atoms with Crippen molar-refractivity contribution in [3.63, 3.8) is 0 Å². The Hall–Kier alpha value is -1.76. The van der Waals surface area contributed by atoms with E-state index in [1.165, 1.54) is 12.1 Å². The summed E-state index contributed by atoms with van der Waals surface area (Å²) in [6.07, 6.45) is 1.44. The zero-order valence-electron chi connectivity index (χ0n) is 14.9. The Morgan fingerprint density at radius 2 is 2.12 bits per heavy atom. The highest BCUT2D eigenvalue weighted by molar-refractivity contribution is 5.19. The third-order valence-electron chi connectivity index (χ3n) is 4.80. The van der Waals surface area contributed by atoms with Crippen LogP contribution >= 0.6 is 0 Å². The zero-order chi connectivity index (χ0) is 17.9. The van der Waals surface area contributed by atoms with Gasteiger partial charge in [0.1, 0.15) is 17.2 Å². The first-order valence-electron chi connectivity index (χ1n) is 8.79. The van der Waals surface area contributed by atoms with Crippen molar-refractivity contribution in [2.75, 3.05) is 26.3 Å². The Balaban J connectivity index is 1.71. The zero-order valence-corrected chi connectivity index (χ0v) is 14.9. The van der Waals surface area contributed by atoms with Crippen molar-refractivity contribution in [3.05, 3.63) is 52.9 Å². The lowest BCUT2D eigenvalue weighted by Gasteiger charge is -2.41. The number of rotatable bonds is 6. The maximum atomic E-state index is 13.1. The van der Waals surface area contributed by atoms with Crippen LogP contribution in [0.1, 0.15) is 29.7 Å². The van der Waals surface area contributed by atoms with Gasteiger partial charge >= 0.3 is 0 Å². The van der Waals surface area contributed by atoms with Gasteiger partial charge in [0.15, 0.2) is 0 Å². The van der Waals surface area contributed by atoms with Crippen molar-refractivity contribution >= 4 is 0 Å². The molecule has 1 aromatic carbocycles. The van der Waals surface area contributed by atoms with Crippen LogP contribution < -0.4 is 0 Å². The molecule has 0 bridgehead atoms. The van der Waals surface area contributed by atoms with E-state index in [4.69, 9.17) is 4.74 Å². The van der Waals surface area contributed by atoms with E-state index in [0.29, 0.717) is 19.6 Å². The van der Waals surface area contributed by atoms with Crippen LogP contribution in [0.25, 0.3) is 0 Å². The molecule has 1 fully saturated rings. The number of hydrogen-bond donors (Lipinski definition) is 2. The molecular weight excluding hydrogens is 321 g/mol. The first kappa shape index (κ1) is 18.0. The highest BCUT2D eigenvalue weighted by Gasteiger charge is 2.36. The number of aromatic nitrogens is 2. The van der Waals surface area contributed by atoms with Gasteiger partial charge in [0, 0.05) is 38.2 Å². The average Bonchev–Trinajstić information content (AvgIpc) is 2.97. The van der Waals surface area contributed by atoms with E-state index in [9.17, 15) is 9.50 Å². The van der Waals surface area contributed by atoms with Gasteiger partial charge in [0.05, 0.1) is 18.9 Å². The lowest BCUT2D eigenvalue weighted by atomic mass is 9.93. The van der Waals surface area contributed by atoms with Gasteiger partial charge in [0.2, 0.25) is 0 Å². The van der Waals surface area contributed by atoms with Gasteiger partial charge in [-0.05, 0) is 24.6 Å². The first-order valence-corrected chi connectivity index (χ1v) is 8.79. The summed E-state index contributed by atoms with van der Waals surface area (Å²) < 4.78 is 19.1. The molecule has 1 atom stereocenters. The van der Waals surface area contributed by atoms with Crippen molar-refractivity contribution in [1.29, 1.82) is 0 Å². The van der Waals surface area contributed by atoms with E-state index in [2.05, 4.69) is 21.8 Å². The van der Waals surface area contributed by atoms with Crippen molar-refractivity contribution < 1.29 is 14.2 Å². The van der Waals surface area contributed by atoms with Gasteiger partial charge in [-0.15, -0.1) is 0 Å². The third-order valence-corrected chi connectivity index (χ3v) is 4.80. The number of imidazole rings is 1. The molecule has 2 N–H and O–H groups in total. The van der Waals surface area contributed by atoms with Crippen molar-refractivity contribution in [2.45, 2.75) is 38.8 Å². The molecule has 1 saturated heterocycles. The Bertz CT molecular complexity index is 701. The number of aliphatic hydroxyl groups excluding tert-OH is 1. The molecule has 5 nitrogen and oxygen atoms in total. The standard InChI is InChI=1S/C19H26FN3O2/c1-3-18-21-14(2)17(22-18)11-23-8-9-25-19(12-23,13-24)10-15-4-6-16(20)7-5-15/h4-7,24H,3,8-13H2,1-2H3,(H,21,22)/t19-/m0/s1. The SMILES string of the molecule is CCc1nc(CN2CCO[C@@](CO)(Cc3ccc(F)cc3)C2)c(C)[nH]1. The maximum absolute atomic E-state index is 13.1. The van der Waals surface area contributed by atoms with Gasteiger partial charge < -0.3 is 14.8 Å². The molecule has 2 heterocycles. The molecule has 2 aromatic rings. The molecule has 0 radical (unpaired) electrons. The highest BCUT2D eigenvalue weighted by Crippen LogP contribution is 2.24. The Morgan fingerprint density at radius 3 is 2.76 bits per heavy atom. The van der Waals surface area contributed by atoms with Crippen molar-refractivity contribution in [1.82, 2.24) is 14.9 Å². The lowest BCUT2D eigenvalue weighted by Crippen LogP contribution is -2.55. The van der Waals surface area contributed by atoms with Crippen LogP contribution in [0.5, 0.6) is 0 Å². The molecule has 0 aliphatic carbocycles. The fraction of sp³-hybridized carbons (Fsp3) is 0.526. The highest BCUT2D eigenvalue weighted by atomic mass is 19.1. The van der Waals surface area contributed by atoms with Crippen LogP contribution in [0, 0.1) is 12.7 Å². The number of aromatic amines is 1. The molecule has 6 heteroatoms. The van der Waals surface area contributed by atoms with Gasteiger partial charge in [-0.1, -0.05) is 19.1 Å². The van der Waals surface area contributed by atoms with Crippen LogP contribution in [0.2, 0.25) is 0 Å². The van der Waals surface area contributed by atoms with E-state index >= 15 is 0 Å². The Morgan fingerprint density at radius 1 is 1.36 bits per heavy atom. The third kappa shape index (κ3) is 4.26. The summed E-state index contributed by atoms with van der Waals surface area (Å²) in [7, 11) is 0. The average molecular weight is 347 g/mol. The molecule has 0 spiro atoms. The van der Waals surface area contributed by atoms with E-state index < -0.39 is 5.60 Å². The molecular formula is C19H26FN3O2. The van der Waals surface area contributed by atoms with Crippen LogP contribution in [0.3, 0.4) is 0 Å². The summed E-state index contributed by atoms with van der Waals surface area (Å²) in [5.74, 6) is 0.745. The number of aryl methyl sites for hydroxylation is 2. The predicted molar refractivity (Wildman–Crippen MR) is 93.9 cm³/mol. The Labute approximate surface area is 147 Å². The second kappa shape index (κ2) is 7.64. The number of aliphatic hydroxyl groups is 1. The molecule has 1 aliphatic heterocycles. The summed E-state index contributed by atoms with van der Waals surface area (Å²) >= 11 is 0. The van der Waals surface area contributed by atoms with Crippen molar-refractivity contribution in [3.8, 4) is 0 Å². The van der Waals surface area contributed by atoms with Gasteiger partial charge in [-0.2, -0.15) is 0 Å². The molecule has 0 amide bonds. The molecule has 0 unspecified atom stereocenters. The molecule has 1 aliphatic rings. The van der Waals surface area contributed by atoms with Gasteiger partial charge in [-0.25, -0.2) is 9.37 Å². The largest absolute Gasteiger partial charge is 0.393 e. The quantitative estimate of drug-likeness (QED) is 0.841. The number of nitrogens with zero attached hydrogens (tertiary/aromatic N) is 2. The number of nitrogens with one attached hydrogen (secondary N) is 1. The molecule has 3 rings (SSSR count). The van der Waals surface area contributed by atoms with Gasteiger partial charge in [0.25, 0.3) is 0 Å². The minimum Gasteiger partial charge on any atom is -0.393 e. The number of ether oxygens (including phenoxy) is 1. The van der Waals surface area contributed by atoms with Gasteiger partial charge in [-0.3, -0.25) is 4.90 Å². The first-order chi connectivity index (χ1) is 12.0. The molecule has 0 saturated carbocycles. The van der Waals surface area contributed by atoms with Crippen LogP contribution in [0.15, 0.2) is 24.3 Å². The number of morpholine rings is 1. The second-order valence-corrected chi connectivity index (χ2v) is 6.81. The summed E-state index contributed by atoms with van der Waals surface area (Å²) in [6.45, 7) is 6.77. The number of H-pyrrole nitrogens is 1. The minimum atomic E-state index is -0.659. The molecule has 136 valence electrons. The molecule has 1 aromatic heterocycles. The van der Waals surface area contributed by atoms with Crippen LogP contribution in [0.4, 0.5) is 4.39 Å². The van der Waals surface area contributed by atoms with E-state index in [0.717, 1.165) is 42.3 Å². The smallest absolute Gasteiger partial charge is 0.123 e. The number of hydrogen-bond acceptors (Lipinski definition) is 4. The minimum absolute atomic E-state index is 0.0688. The topological polar surface area (TPSA) is 61.4 Å². The summed E-state index contributed by atoms with van der Waals surface area (Å²) in [4.78, 5) is 10.2. The van der Waals surface area contributed by atoms with Crippen LogP contribution in [-0.2, 0) is 24.1 Å². The van der Waals surface area contributed by atoms with Crippen LogP contribution in [-0.4, -0.2) is 51.9 Å². The monoisotopic (exact) mass is 347 g/mol.